The third-order valence-corrected chi connectivity index (χ3v) is 0.876. The standard InChI is InChI=1S/C4H3ClO.C3H4O2/c5-4-2-1-3-6-4;1-2-3(4)5/h1-3H;2H,1H2,(H,4,5). The molecule has 1 rings (SSSR count). The zero-order valence-corrected chi connectivity index (χ0v) is 6.41. The first-order chi connectivity index (χ1) is 5.16. The highest BCUT2D eigenvalue weighted by Gasteiger charge is 1.79. The Kier molecular flexibility index (Phi) is 4.94. The average molecular weight is 175 g/mol. The van der Waals surface area contributed by atoms with E-state index < -0.39 is 5.97 Å². The molecule has 0 saturated heterocycles. The Balaban J connectivity index is 0.000000187. The van der Waals surface area contributed by atoms with Gasteiger partial charge in [0.05, 0.1) is 6.26 Å². The summed E-state index contributed by atoms with van der Waals surface area (Å²) in [6.07, 6.45) is 2.36. The van der Waals surface area contributed by atoms with E-state index in [9.17, 15) is 4.79 Å². The van der Waals surface area contributed by atoms with Gasteiger partial charge in [0.1, 0.15) is 0 Å². The van der Waals surface area contributed by atoms with Gasteiger partial charge in [-0.2, -0.15) is 0 Å². The lowest BCUT2D eigenvalue weighted by atomic mass is 10.7. The lowest BCUT2D eigenvalue weighted by Crippen LogP contribution is -1.82. The van der Waals surface area contributed by atoms with Crippen LogP contribution in [0.3, 0.4) is 0 Å². The number of carboxylic acid groups (broad SMARTS) is 1. The molecule has 1 aromatic heterocycles. The molecule has 60 valence electrons. The van der Waals surface area contributed by atoms with Crippen LogP contribution in [0, 0.1) is 0 Å². The molecule has 0 bridgehead atoms. The van der Waals surface area contributed by atoms with Crippen LogP contribution in [0.15, 0.2) is 35.5 Å². The molecular weight excluding hydrogens is 168 g/mol. The van der Waals surface area contributed by atoms with E-state index in [1.54, 1.807) is 12.1 Å². The number of furan rings is 1. The van der Waals surface area contributed by atoms with Crippen molar-refractivity contribution in [1.29, 1.82) is 0 Å². The Morgan fingerprint density at radius 3 is 2.45 bits per heavy atom. The molecule has 0 unspecified atom stereocenters. The molecule has 3 nitrogen and oxygen atoms in total. The lowest BCUT2D eigenvalue weighted by Gasteiger charge is -1.65. The number of carbonyl (C=O) groups is 1. The molecule has 0 spiro atoms. The summed E-state index contributed by atoms with van der Waals surface area (Å²) in [6.45, 7) is 2.96. The van der Waals surface area contributed by atoms with E-state index in [0.29, 0.717) is 5.22 Å². The molecular formula is C7H7ClO3. The van der Waals surface area contributed by atoms with Gasteiger partial charge in [-0.1, -0.05) is 6.58 Å². The molecule has 0 radical (unpaired) electrons. The monoisotopic (exact) mass is 174 g/mol. The molecule has 0 fully saturated rings. The smallest absolute Gasteiger partial charge is 0.327 e. The molecule has 1 N–H and O–H groups in total. The second-order valence-corrected chi connectivity index (χ2v) is 1.83. The quantitative estimate of drug-likeness (QED) is 0.664. The van der Waals surface area contributed by atoms with Gasteiger partial charge < -0.3 is 9.52 Å². The van der Waals surface area contributed by atoms with Crippen LogP contribution in [0.25, 0.3) is 0 Å². The van der Waals surface area contributed by atoms with Crippen molar-refractivity contribution in [2.24, 2.45) is 0 Å². The first kappa shape index (κ1) is 9.78. The third-order valence-electron chi connectivity index (χ3n) is 0.661. The van der Waals surface area contributed by atoms with E-state index in [1.807, 2.05) is 0 Å². The van der Waals surface area contributed by atoms with Crippen LogP contribution >= 0.6 is 11.6 Å². The minimum atomic E-state index is -0.981. The summed E-state index contributed by atoms with van der Waals surface area (Å²) in [5.41, 5.74) is 0. The number of hydrogen-bond acceptors (Lipinski definition) is 2. The Morgan fingerprint density at radius 2 is 2.36 bits per heavy atom. The van der Waals surface area contributed by atoms with Crippen LogP contribution in [-0.2, 0) is 4.79 Å². The molecule has 0 aliphatic rings. The van der Waals surface area contributed by atoms with Crippen LogP contribution in [0.4, 0.5) is 0 Å². The highest BCUT2D eigenvalue weighted by atomic mass is 35.5. The van der Waals surface area contributed by atoms with E-state index in [2.05, 4.69) is 11.0 Å². The van der Waals surface area contributed by atoms with Gasteiger partial charge in [-0.25, -0.2) is 4.79 Å². The fraction of sp³-hybridized carbons (Fsp3) is 0. The molecule has 0 aliphatic heterocycles. The number of aliphatic carboxylic acids is 1. The highest BCUT2D eigenvalue weighted by molar-refractivity contribution is 6.28. The Labute approximate surface area is 68.9 Å². The van der Waals surface area contributed by atoms with Gasteiger partial charge in [-0.05, 0) is 23.7 Å². The number of carboxylic acids is 1. The second-order valence-electron chi connectivity index (χ2n) is 1.46. The summed E-state index contributed by atoms with van der Waals surface area (Å²) in [6, 6.07) is 3.42. The van der Waals surface area contributed by atoms with Crippen molar-refractivity contribution in [3.63, 3.8) is 0 Å². The third kappa shape index (κ3) is 6.67. The maximum absolute atomic E-state index is 9.25. The first-order valence-electron chi connectivity index (χ1n) is 2.71. The molecule has 0 saturated carbocycles. The van der Waals surface area contributed by atoms with Crippen molar-refractivity contribution >= 4 is 17.6 Å². The van der Waals surface area contributed by atoms with Crippen molar-refractivity contribution in [2.45, 2.75) is 0 Å². The summed E-state index contributed by atoms with van der Waals surface area (Å²) in [7, 11) is 0. The summed E-state index contributed by atoms with van der Waals surface area (Å²) in [5, 5.41) is 8.04. The number of rotatable bonds is 1. The zero-order chi connectivity index (χ0) is 8.69. The molecule has 11 heavy (non-hydrogen) atoms. The van der Waals surface area contributed by atoms with Crippen molar-refractivity contribution in [1.82, 2.24) is 0 Å². The average Bonchev–Trinajstić information content (AvgIpc) is 2.41. The Bertz CT molecular complexity index is 216. The molecule has 0 amide bonds. The van der Waals surface area contributed by atoms with Crippen LogP contribution in [0.5, 0.6) is 0 Å². The van der Waals surface area contributed by atoms with E-state index in [-0.39, 0.29) is 0 Å². The summed E-state index contributed by atoms with van der Waals surface area (Å²) < 4.78 is 4.60. The molecule has 4 heteroatoms. The Morgan fingerprint density at radius 1 is 1.82 bits per heavy atom. The molecule has 0 aromatic carbocycles. The van der Waals surface area contributed by atoms with Crippen molar-refractivity contribution in [3.8, 4) is 0 Å². The van der Waals surface area contributed by atoms with Gasteiger partial charge >= 0.3 is 5.97 Å². The second kappa shape index (κ2) is 5.56. The lowest BCUT2D eigenvalue weighted by molar-refractivity contribution is -0.131. The highest BCUT2D eigenvalue weighted by Crippen LogP contribution is 2.04. The van der Waals surface area contributed by atoms with E-state index in [4.69, 9.17) is 16.7 Å². The predicted molar refractivity (Wildman–Crippen MR) is 41.6 cm³/mol. The maximum Gasteiger partial charge on any atom is 0.327 e. The summed E-state index contributed by atoms with van der Waals surface area (Å²) in [5.74, 6) is -0.981. The van der Waals surface area contributed by atoms with Gasteiger partial charge in [0.25, 0.3) is 0 Å². The number of halogens is 1. The molecule has 0 aliphatic carbocycles. The van der Waals surface area contributed by atoms with Crippen molar-refractivity contribution in [2.75, 3.05) is 0 Å². The number of hydrogen-bond donors (Lipinski definition) is 1. The summed E-state index contributed by atoms with van der Waals surface area (Å²) >= 11 is 5.29. The largest absolute Gasteiger partial charge is 0.478 e. The van der Waals surface area contributed by atoms with E-state index >= 15 is 0 Å². The van der Waals surface area contributed by atoms with Gasteiger partial charge in [0.15, 0.2) is 5.22 Å². The Hall–Kier alpha value is -1.22. The van der Waals surface area contributed by atoms with Crippen LogP contribution in [0.1, 0.15) is 0 Å². The fourth-order valence-electron chi connectivity index (χ4n) is 0.259. The van der Waals surface area contributed by atoms with Crippen molar-refractivity contribution in [3.05, 3.63) is 36.3 Å². The SMILES string of the molecule is C=CC(=O)O.Clc1ccco1. The molecule has 1 aromatic rings. The van der Waals surface area contributed by atoms with Crippen LogP contribution in [-0.4, -0.2) is 11.1 Å². The first-order valence-corrected chi connectivity index (χ1v) is 3.09. The minimum absolute atomic E-state index is 0.440. The normalized spacial score (nSPS) is 7.73. The van der Waals surface area contributed by atoms with Crippen LogP contribution < -0.4 is 0 Å². The van der Waals surface area contributed by atoms with Crippen LogP contribution in [0.2, 0.25) is 5.22 Å². The topological polar surface area (TPSA) is 50.4 Å². The van der Waals surface area contributed by atoms with Gasteiger partial charge in [0.2, 0.25) is 0 Å². The van der Waals surface area contributed by atoms with Gasteiger partial charge in [-0.15, -0.1) is 0 Å². The predicted octanol–water partition coefficient (Wildman–Crippen LogP) is 2.19. The molecule has 1 heterocycles. The fourth-order valence-corrected chi connectivity index (χ4v) is 0.383. The van der Waals surface area contributed by atoms with E-state index in [1.165, 1.54) is 6.26 Å². The molecule has 0 atom stereocenters. The zero-order valence-electron chi connectivity index (χ0n) is 5.66. The van der Waals surface area contributed by atoms with Crippen molar-refractivity contribution < 1.29 is 14.3 Å². The maximum atomic E-state index is 9.25. The summed E-state index contributed by atoms with van der Waals surface area (Å²) in [4.78, 5) is 9.25. The van der Waals surface area contributed by atoms with Gasteiger partial charge in [-0.3, -0.25) is 0 Å². The van der Waals surface area contributed by atoms with Gasteiger partial charge in [0, 0.05) is 6.08 Å². The van der Waals surface area contributed by atoms with E-state index in [0.717, 1.165) is 6.08 Å². The minimum Gasteiger partial charge on any atom is -0.478 e.